The third-order valence-corrected chi connectivity index (χ3v) is 4.44. The van der Waals surface area contributed by atoms with Gasteiger partial charge in [-0.2, -0.15) is 0 Å². The minimum atomic E-state index is -0.374. The second-order valence-corrected chi connectivity index (χ2v) is 7.00. The van der Waals surface area contributed by atoms with Gasteiger partial charge in [-0.25, -0.2) is 0 Å². The number of carbonyl (C=O) groups excluding carboxylic acids is 2. The lowest BCUT2D eigenvalue weighted by atomic mass is 10.1. The van der Waals surface area contributed by atoms with Crippen molar-refractivity contribution in [1.29, 1.82) is 0 Å². The van der Waals surface area contributed by atoms with Crippen LogP contribution in [0.2, 0.25) is 0 Å². The molecule has 0 aromatic heterocycles. The van der Waals surface area contributed by atoms with Crippen LogP contribution in [0, 0.1) is 11.8 Å². The first-order valence-corrected chi connectivity index (χ1v) is 9.44. The Labute approximate surface area is 162 Å². The number of hydrogen-bond acceptors (Lipinski definition) is 6. The Bertz CT molecular complexity index is 536. The largest absolute Gasteiger partial charge is 0.466 e. The Morgan fingerprint density at radius 1 is 1.19 bits per heavy atom. The van der Waals surface area contributed by atoms with Gasteiger partial charge in [-0.3, -0.25) is 9.59 Å². The molecule has 7 heteroatoms. The van der Waals surface area contributed by atoms with Crippen molar-refractivity contribution < 1.29 is 28.5 Å². The highest BCUT2D eigenvalue weighted by Gasteiger charge is 2.26. The summed E-state index contributed by atoms with van der Waals surface area (Å²) >= 11 is 0. The van der Waals surface area contributed by atoms with Crippen LogP contribution in [0.1, 0.15) is 46.5 Å². The first kappa shape index (κ1) is 23.4. The molecule has 0 unspecified atom stereocenters. The number of nitrogens with zero attached hydrogens (tertiary/aromatic N) is 1. The first-order valence-electron chi connectivity index (χ1n) is 9.44. The fourth-order valence-corrected chi connectivity index (χ4v) is 2.81. The molecule has 27 heavy (non-hydrogen) atoms. The maximum Gasteiger partial charge on any atom is 0.306 e. The number of rotatable bonds is 10. The number of carbonyl (C=O) groups is 2. The van der Waals surface area contributed by atoms with Crippen molar-refractivity contribution in [2.75, 3.05) is 40.5 Å². The van der Waals surface area contributed by atoms with Gasteiger partial charge < -0.3 is 23.8 Å². The third-order valence-electron chi connectivity index (χ3n) is 4.44. The minimum absolute atomic E-state index is 0.0570. The molecule has 7 nitrogen and oxygen atoms in total. The van der Waals surface area contributed by atoms with Crippen LogP contribution in [0.4, 0.5) is 0 Å². The van der Waals surface area contributed by atoms with Crippen molar-refractivity contribution in [3.8, 4) is 11.8 Å². The molecular weight excluding hydrogens is 350 g/mol. The summed E-state index contributed by atoms with van der Waals surface area (Å²) in [6.45, 7) is 7.64. The Kier molecular flexibility index (Phi) is 10.4. The van der Waals surface area contributed by atoms with Crippen LogP contribution in [0.3, 0.4) is 0 Å². The normalized spacial score (nSPS) is 20.3. The Morgan fingerprint density at radius 2 is 1.93 bits per heavy atom. The van der Waals surface area contributed by atoms with Gasteiger partial charge in [0, 0.05) is 46.6 Å². The molecule has 0 fully saturated rings. The Morgan fingerprint density at radius 3 is 2.56 bits per heavy atom. The second kappa shape index (κ2) is 12.0. The van der Waals surface area contributed by atoms with Gasteiger partial charge in [-0.05, 0) is 20.8 Å². The maximum atomic E-state index is 12.5. The molecule has 0 aromatic carbocycles. The quantitative estimate of drug-likeness (QED) is 0.423. The predicted molar refractivity (Wildman–Crippen MR) is 101 cm³/mol. The van der Waals surface area contributed by atoms with Crippen LogP contribution in [-0.2, 0) is 28.5 Å². The molecule has 0 saturated carbocycles. The van der Waals surface area contributed by atoms with Crippen molar-refractivity contribution in [3.63, 3.8) is 0 Å². The third kappa shape index (κ3) is 8.74. The molecule has 0 aliphatic carbocycles. The van der Waals surface area contributed by atoms with Crippen LogP contribution in [0.15, 0.2) is 0 Å². The molecule has 1 heterocycles. The van der Waals surface area contributed by atoms with Crippen molar-refractivity contribution >= 4 is 11.9 Å². The van der Waals surface area contributed by atoms with Crippen LogP contribution < -0.4 is 0 Å². The molecule has 0 N–H and O–H groups in total. The van der Waals surface area contributed by atoms with Gasteiger partial charge in [0.1, 0.15) is 12.2 Å². The lowest BCUT2D eigenvalue weighted by Crippen LogP contribution is -2.45. The number of methoxy groups -OCH3 is 2. The van der Waals surface area contributed by atoms with Crippen molar-refractivity contribution in [1.82, 2.24) is 4.90 Å². The van der Waals surface area contributed by atoms with Gasteiger partial charge >= 0.3 is 5.97 Å². The van der Waals surface area contributed by atoms with Gasteiger partial charge in [0.15, 0.2) is 0 Å². The van der Waals surface area contributed by atoms with Crippen molar-refractivity contribution in [2.45, 2.75) is 64.3 Å². The van der Waals surface area contributed by atoms with Crippen molar-refractivity contribution in [3.05, 3.63) is 0 Å². The molecule has 0 spiro atoms. The second-order valence-electron chi connectivity index (χ2n) is 7.00. The first-order chi connectivity index (χ1) is 12.8. The zero-order valence-electron chi connectivity index (χ0n) is 17.2. The highest BCUT2D eigenvalue weighted by Crippen LogP contribution is 2.14. The lowest BCUT2D eigenvalue weighted by Gasteiger charge is -2.30. The average Bonchev–Trinajstić information content (AvgIpc) is 2.60. The summed E-state index contributed by atoms with van der Waals surface area (Å²) in [7, 11) is 3.14. The summed E-state index contributed by atoms with van der Waals surface area (Å²) in [5, 5.41) is 0. The summed E-state index contributed by atoms with van der Waals surface area (Å²) in [5.41, 5.74) is -0.330. The lowest BCUT2D eigenvalue weighted by molar-refractivity contribution is -0.148. The molecule has 2 atom stereocenters. The van der Waals surface area contributed by atoms with Crippen LogP contribution in [0.5, 0.6) is 0 Å². The number of hydrogen-bond donors (Lipinski definition) is 0. The van der Waals surface area contributed by atoms with E-state index in [4.69, 9.17) is 18.9 Å². The summed E-state index contributed by atoms with van der Waals surface area (Å²) in [6.07, 6.45) is 0.651. The van der Waals surface area contributed by atoms with E-state index in [1.54, 1.807) is 19.1 Å². The standard InChI is InChI=1S/C20H33NO6/c1-6-27-20(2,3)12-14-26-19(23)11-10-18(22)21-13-8-7-9-16(24-4)17(15-21)25-5/h16-17H,6,8,10-15H2,1-5H3/t16-,17-/m0/s1. The van der Waals surface area contributed by atoms with Gasteiger partial charge in [0.25, 0.3) is 0 Å². The molecule has 1 aliphatic heterocycles. The van der Waals surface area contributed by atoms with E-state index in [1.165, 1.54) is 0 Å². The molecule has 0 bridgehead atoms. The SMILES string of the molecule is CCOC(C)(C)CCOC(=O)CCC(=O)N1CCC#C[C@H](OC)[C@@H](OC)C1. The van der Waals surface area contributed by atoms with Gasteiger partial charge in [-0.1, -0.05) is 11.8 Å². The molecule has 0 radical (unpaired) electrons. The molecule has 0 saturated heterocycles. The monoisotopic (exact) mass is 383 g/mol. The fourth-order valence-electron chi connectivity index (χ4n) is 2.81. The fraction of sp³-hybridized carbons (Fsp3) is 0.800. The van der Waals surface area contributed by atoms with E-state index in [1.807, 2.05) is 20.8 Å². The van der Waals surface area contributed by atoms with E-state index >= 15 is 0 Å². The molecular formula is C20H33NO6. The number of ether oxygens (including phenoxy) is 4. The summed E-state index contributed by atoms with van der Waals surface area (Å²) in [6, 6.07) is 0. The highest BCUT2D eigenvalue weighted by atomic mass is 16.5. The van der Waals surface area contributed by atoms with Crippen LogP contribution in [-0.4, -0.2) is 75.1 Å². The molecule has 154 valence electrons. The van der Waals surface area contributed by atoms with E-state index in [2.05, 4.69) is 11.8 Å². The topological polar surface area (TPSA) is 74.3 Å². The minimum Gasteiger partial charge on any atom is -0.466 e. The van der Waals surface area contributed by atoms with Crippen LogP contribution in [0.25, 0.3) is 0 Å². The van der Waals surface area contributed by atoms with E-state index in [-0.39, 0.29) is 49.1 Å². The number of esters is 1. The molecule has 1 amide bonds. The number of amides is 1. The van der Waals surface area contributed by atoms with E-state index < -0.39 is 0 Å². The summed E-state index contributed by atoms with van der Waals surface area (Å²) < 4.78 is 21.5. The molecule has 1 rings (SSSR count). The molecule has 1 aliphatic rings. The van der Waals surface area contributed by atoms with Crippen molar-refractivity contribution in [2.24, 2.45) is 0 Å². The smallest absolute Gasteiger partial charge is 0.306 e. The highest BCUT2D eigenvalue weighted by molar-refractivity contribution is 5.81. The average molecular weight is 383 g/mol. The van der Waals surface area contributed by atoms with Crippen LogP contribution >= 0.6 is 0 Å². The Balaban J connectivity index is 2.42. The van der Waals surface area contributed by atoms with E-state index in [0.717, 1.165) is 0 Å². The summed E-state index contributed by atoms with van der Waals surface area (Å²) in [4.78, 5) is 26.1. The predicted octanol–water partition coefficient (Wildman–Crippen LogP) is 1.78. The summed E-state index contributed by atoms with van der Waals surface area (Å²) in [5.74, 6) is 5.53. The Hall–Kier alpha value is -1.62. The van der Waals surface area contributed by atoms with Gasteiger partial charge in [0.2, 0.25) is 5.91 Å². The van der Waals surface area contributed by atoms with E-state index in [9.17, 15) is 9.59 Å². The van der Waals surface area contributed by atoms with E-state index in [0.29, 0.717) is 32.5 Å². The van der Waals surface area contributed by atoms with Gasteiger partial charge in [-0.15, -0.1) is 0 Å². The zero-order chi connectivity index (χ0) is 20.3. The van der Waals surface area contributed by atoms with Gasteiger partial charge in [0.05, 0.1) is 25.2 Å². The zero-order valence-corrected chi connectivity index (χ0v) is 17.2. The molecule has 0 aromatic rings. The maximum absolute atomic E-state index is 12.5.